The molecule has 2 rings (SSSR count). The fourth-order valence-corrected chi connectivity index (χ4v) is 3.31. The van der Waals surface area contributed by atoms with Gasteiger partial charge in [0.05, 0.1) is 17.0 Å². The average Bonchev–Trinajstić information content (AvgIpc) is 2.49. The van der Waals surface area contributed by atoms with E-state index in [9.17, 15) is 8.42 Å². The van der Waals surface area contributed by atoms with Crippen molar-refractivity contribution in [3.05, 3.63) is 28.8 Å². The summed E-state index contributed by atoms with van der Waals surface area (Å²) >= 11 is 6.36. The van der Waals surface area contributed by atoms with E-state index in [1.54, 1.807) is 18.2 Å². The first-order valence-electron chi connectivity index (χ1n) is 6.74. The van der Waals surface area contributed by atoms with E-state index in [-0.39, 0.29) is 5.75 Å². The maximum absolute atomic E-state index is 11.5. The Balaban J connectivity index is 2.37. The number of benzene rings is 1. The van der Waals surface area contributed by atoms with E-state index in [2.05, 4.69) is 0 Å². The Morgan fingerprint density at radius 1 is 1.14 bits per heavy atom. The average molecular weight is 331 g/mol. The molecule has 1 aromatic carbocycles. The van der Waals surface area contributed by atoms with Crippen LogP contribution < -0.4 is 5.46 Å². The standard InChI is InChI=1S/C14H20BClO4S/c1-13(2)14(3,4)20-15(19-13)11-8-6-7-10(12(11)16)9-21(5,17)18/h6-8H,9H2,1-5H3. The van der Waals surface area contributed by atoms with E-state index in [4.69, 9.17) is 20.9 Å². The van der Waals surface area contributed by atoms with Crippen LogP contribution in [0.2, 0.25) is 5.02 Å². The molecule has 0 spiro atoms. The van der Waals surface area contributed by atoms with Gasteiger partial charge in [0.1, 0.15) is 0 Å². The first-order valence-corrected chi connectivity index (χ1v) is 9.17. The second kappa shape index (κ2) is 5.27. The molecule has 1 heterocycles. The maximum Gasteiger partial charge on any atom is 0.496 e. The molecule has 1 aliphatic rings. The molecule has 0 amide bonds. The molecule has 116 valence electrons. The normalized spacial score (nSPS) is 20.8. The molecule has 1 aromatic rings. The molecule has 0 atom stereocenters. The highest BCUT2D eigenvalue weighted by atomic mass is 35.5. The monoisotopic (exact) mass is 330 g/mol. The third-order valence-corrected chi connectivity index (χ3v) is 5.33. The molecule has 4 nitrogen and oxygen atoms in total. The zero-order valence-corrected chi connectivity index (χ0v) is 14.5. The quantitative estimate of drug-likeness (QED) is 0.797. The van der Waals surface area contributed by atoms with Crippen molar-refractivity contribution in [1.29, 1.82) is 0 Å². The van der Waals surface area contributed by atoms with Crippen molar-refractivity contribution in [2.24, 2.45) is 0 Å². The molecule has 1 fully saturated rings. The summed E-state index contributed by atoms with van der Waals surface area (Å²) in [5, 5.41) is 0.390. The van der Waals surface area contributed by atoms with Crippen molar-refractivity contribution in [1.82, 2.24) is 0 Å². The lowest BCUT2D eigenvalue weighted by Gasteiger charge is -2.32. The number of hydrogen-bond acceptors (Lipinski definition) is 4. The summed E-state index contributed by atoms with van der Waals surface area (Å²) in [6.07, 6.45) is 1.19. The van der Waals surface area contributed by atoms with Crippen LogP contribution in [0.1, 0.15) is 33.3 Å². The Morgan fingerprint density at radius 3 is 2.14 bits per heavy atom. The summed E-state index contributed by atoms with van der Waals surface area (Å²) in [5.41, 5.74) is 0.296. The molecule has 0 N–H and O–H groups in total. The topological polar surface area (TPSA) is 52.6 Å². The zero-order chi connectivity index (χ0) is 16.1. The molecule has 0 aliphatic carbocycles. The van der Waals surface area contributed by atoms with Crippen LogP contribution in [0.3, 0.4) is 0 Å². The van der Waals surface area contributed by atoms with Crippen LogP contribution in [-0.2, 0) is 24.9 Å². The largest absolute Gasteiger partial charge is 0.496 e. The van der Waals surface area contributed by atoms with Crippen molar-refractivity contribution in [3.8, 4) is 0 Å². The highest BCUT2D eigenvalue weighted by molar-refractivity contribution is 7.89. The van der Waals surface area contributed by atoms with Gasteiger partial charge in [0.2, 0.25) is 0 Å². The molecule has 0 bridgehead atoms. The minimum Gasteiger partial charge on any atom is -0.399 e. The fraction of sp³-hybridized carbons (Fsp3) is 0.571. The van der Waals surface area contributed by atoms with Gasteiger partial charge in [-0.1, -0.05) is 29.8 Å². The lowest BCUT2D eigenvalue weighted by atomic mass is 9.78. The highest BCUT2D eigenvalue weighted by Crippen LogP contribution is 2.37. The van der Waals surface area contributed by atoms with Crippen LogP contribution in [0.5, 0.6) is 0 Å². The number of rotatable bonds is 3. The van der Waals surface area contributed by atoms with Crippen molar-refractivity contribution >= 4 is 34.0 Å². The van der Waals surface area contributed by atoms with Gasteiger partial charge in [0.15, 0.2) is 9.84 Å². The van der Waals surface area contributed by atoms with Gasteiger partial charge >= 0.3 is 7.12 Å². The lowest BCUT2D eigenvalue weighted by molar-refractivity contribution is 0.00578. The molecule has 1 saturated heterocycles. The van der Waals surface area contributed by atoms with Gasteiger partial charge in [0.25, 0.3) is 0 Å². The molecular weight excluding hydrogens is 310 g/mol. The summed E-state index contributed by atoms with van der Waals surface area (Å²) in [7, 11) is -3.75. The van der Waals surface area contributed by atoms with Crippen LogP contribution in [-0.4, -0.2) is 33.0 Å². The van der Waals surface area contributed by atoms with Crippen molar-refractivity contribution < 1.29 is 17.7 Å². The molecule has 1 aliphatic heterocycles. The predicted octanol–water partition coefficient (Wildman–Crippen LogP) is 2.18. The lowest BCUT2D eigenvalue weighted by Crippen LogP contribution is -2.41. The van der Waals surface area contributed by atoms with Crippen LogP contribution in [0.15, 0.2) is 18.2 Å². The molecule has 0 unspecified atom stereocenters. The molecular formula is C14H20BClO4S. The van der Waals surface area contributed by atoms with Gasteiger partial charge in [-0.2, -0.15) is 0 Å². The summed E-state index contributed by atoms with van der Waals surface area (Å²) in [6.45, 7) is 7.84. The van der Waals surface area contributed by atoms with E-state index in [1.807, 2.05) is 27.7 Å². The molecule has 7 heteroatoms. The predicted molar refractivity (Wildman–Crippen MR) is 85.7 cm³/mol. The Labute approximate surface area is 131 Å². The van der Waals surface area contributed by atoms with Gasteiger partial charge in [-0.3, -0.25) is 0 Å². The second-order valence-electron chi connectivity index (χ2n) is 6.48. The SMILES string of the molecule is CC1(C)OB(c2cccc(CS(C)(=O)=O)c2Cl)OC1(C)C. The molecule has 0 radical (unpaired) electrons. The minimum absolute atomic E-state index is 0.0980. The van der Waals surface area contributed by atoms with Crippen LogP contribution >= 0.6 is 11.6 Å². The second-order valence-corrected chi connectivity index (χ2v) is 9.00. The molecule has 21 heavy (non-hydrogen) atoms. The van der Waals surface area contributed by atoms with Crippen LogP contribution in [0.25, 0.3) is 0 Å². The summed E-state index contributed by atoms with van der Waals surface area (Å²) < 4.78 is 34.9. The van der Waals surface area contributed by atoms with Crippen molar-refractivity contribution in [2.45, 2.75) is 44.6 Å². The fourth-order valence-electron chi connectivity index (χ4n) is 2.15. The maximum atomic E-state index is 11.5. The Kier molecular flexibility index (Phi) is 4.21. The van der Waals surface area contributed by atoms with Crippen LogP contribution in [0, 0.1) is 0 Å². The first-order chi connectivity index (χ1) is 9.43. The summed E-state index contributed by atoms with van der Waals surface area (Å²) in [4.78, 5) is 0. The van der Waals surface area contributed by atoms with Crippen LogP contribution in [0.4, 0.5) is 0 Å². The summed E-state index contributed by atoms with van der Waals surface area (Å²) in [5.74, 6) is -0.0980. The van der Waals surface area contributed by atoms with Gasteiger partial charge in [-0.15, -0.1) is 0 Å². The van der Waals surface area contributed by atoms with E-state index in [0.717, 1.165) is 0 Å². The van der Waals surface area contributed by atoms with Crippen molar-refractivity contribution in [3.63, 3.8) is 0 Å². The number of hydrogen-bond donors (Lipinski definition) is 0. The minimum atomic E-state index is -3.15. The highest BCUT2D eigenvalue weighted by Gasteiger charge is 2.52. The third-order valence-electron chi connectivity index (χ3n) is 4.03. The number of halogens is 1. The molecule has 0 aromatic heterocycles. The Morgan fingerprint density at radius 2 is 1.67 bits per heavy atom. The van der Waals surface area contributed by atoms with Gasteiger partial charge in [-0.25, -0.2) is 8.42 Å². The summed E-state index contributed by atoms with van der Waals surface area (Å²) in [6, 6.07) is 5.28. The van der Waals surface area contributed by atoms with E-state index >= 15 is 0 Å². The first kappa shape index (κ1) is 16.8. The number of sulfone groups is 1. The Bertz CT molecular complexity index is 639. The van der Waals surface area contributed by atoms with E-state index in [0.29, 0.717) is 16.0 Å². The van der Waals surface area contributed by atoms with Crippen molar-refractivity contribution in [2.75, 3.05) is 6.26 Å². The van der Waals surface area contributed by atoms with E-state index in [1.165, 1.54) is 6.26 Å². The smallest absolute Gasteiger partial charge is 0.399 e. The molecule has 0 saturated carbocycles. The third kappa shape index (κ3) is 3.45. The Hall–Kier alpha value is -0.555. The van der Waals surface area contributed by atoms with Gasteiger partial charge in [0, 0.05) is 16.7 Å². The van der Waals surface area contributed by atoms with Gasteiger partial charge in [-0.05, 0) is 33.3 Å². The van der Waals surface area contributed by atoms with E-state index < -0.39 is 28.2 Å². The van der Waals surface area contributed by atoms with Gasteiger partial charge < -0.3 is 9.31 Å². The zero-order valence-electron chi connectivity index (χ0n) is 12.9.